The van der Waals surface area contributed by atoms with Crippen molar-refractivity contribution in [1.82, 2.24) is 25.1 Å². The van der Waals surface area contributed by atoms with Crippen LogP contribution in [0.5, 0.6) is 0 Å². The largest absolute Gasteiger partial charge is 0.450 e. The van der Waals surface area contributed by atoms with E-state index in [0.29, 0.717) is 63.0 Å². The number of nitrogens with zero attached hydrogens (tertiary/aromatic N) is 5. The zero-order chi connectivity index (χ0) is 21.2. The van der Waals surface area contributed by atoms with Gasteiger partial charge in [0.2, 0.25) is 11.9 Å². The molecular weight excluding hydrogens is 394 g/mol. The van der Waals surface area contributed by atoms with E-state index in [-0.39, 0.29) is 6.09 Å². The van der Waals surface area contributed by atoms with Gasteiger partial charge in [-0.25, -0.2) is 14.8 Å². The van der Waals surface area contributed by atoms with E-state index in [1.807, 2.05) is 24.8 Å². The molecule has 0 radical (unpaired) electrons. The number of aliphatic imine (C=N–C) groups is 1. The number of aryl methyl sites for hydroxylation is 2. The van der Waals surface area contributed by atoms with Crippen LogP contribution in [-0.2, 0) is 9.47 Å². The van der Waals surface area contributed by atoms with E-state index in [9.17, 15) is 4.79 Å². The van der Waals surface area contributed by atoms with E-state index >= 15 is 0 Å². The maximum atomic E-state index is 11.9. The molecule has 0 spiro atoms. The summed E-state index contributed by atoms with van der Waals surface area (Å²) in [5.41, 5.74) is 1.71. The number of hydrogen-bond acceptors (Lipinski definition) is 6. The minimum atomic E-state index is -0.298. The van der Waals surface area contributed by atoms with Crippen LogP contribution in [0.15, 0.2) is 11.1 Å². The number of guanidine groups is 1. The van der Waals surface area contributed by atoms with Gasteiger partial charge < -0.3 is 24.6 Å². The number of piperazine rings is 1. The van der Waals surface area contributed by atoms with Gasteiger partial charge in [0.25, 0.3) is 0 Å². The lowest BCUT2D eigenvalue weighted by molar-refractivity contribution is 0.0920. The van der Waals surface area contributed by atoms with Gasteiger partial charge in [0, 0.05) is 51.2 Å². The lowest BCUT2D eigenvalue weighted by atomic mass is 10.3. The van der Waals surface area contributed by atoms with Crippen molar-refractivity contribution in [1.29, 1.82) is 0 Å². The summed E-state index contributed by atoms with van der Waals surface area (Å²) in [6.45, 7) is 9.26. The highest BCUT2D eigenvalue weighted by Gasteiger charge is 2.24. The van der Waals surface area contributed by atoms with Crippen LogP contribution in [0.3, 0.4) is 0 Å². The fourth-order valence-electron chi connectivity index (χ4n) is 2.77. The molecule has 0 aromatic carbocycles. The third-order valence-corrected chi connectivity index (χ3v) is 4.34. The molecule has 0 atom stereocenters. The summed E-state index contributed by atoms with van der Waals surface area (Å²) < 4.78 is 10.1. The molecule has 1 aromatic rings. The molecule has 0 aliphatic carbocycles. The Kier molecular flexibility index (Phi) is 9.00. The molecule has 160 valence electrons. The maximum absolute atomic E-state index is 11.9. The van der Waals surface area contributed by atoms with E-state index in [1.54, 1.807) is 18.9 Å². The van der Waals surface area contributed by atoms with Gasteiger partial charge in [0.15, 0.2) is 5.11 Å². The summed E-state index contributed by atoms with van der Waals surface area (Å²) in [6.07, 6.45) is -0.298. The number of ether oxygens (including phenoxy) is 2. The van der Waals surface area contributed by atoms with Gasteiger partial charge in [0.05, 0.1) is 13.2 Å². The van der Waals surface area contributed by atoms with Crippen molar-refractivity contribution in [3.8, 4) is 0 Å². The van der Waals surface area contributed by atoms with Gasteiger partial charge in [-0.2, -0.15) is 4.99 Å². The number of carbonyl (C=O) groups is 1. The van der Waals surface area contributed by atoms with Crippen molar-refractivity contribution in [2.45, 2.75) is 20.8 Å². The molecule has 2 N–H and O–H groups in total. The summed E-state index contributed by atoms with van der Waals surface area (Å²) in [6, 6.07) is 1.90. The van der Waals surface area contributed by atoms with Crippen LogP contribution in [-0.4, -0.2) is 90.0 Å². The molecule has 0 saturated carbocycles. The van der Waals surface area contributed by atoms with Crippen molar-refractivity contribution >= 4 is 35.3 Å². The zero-order valence-electron chi connectivity index (χ0n) is 17.4. The van der Waals surface area contributed by atoms with E-state index in [1.165, 1.54) is 0 Å². The Morgan fingerprint density at radius 2 is 1.83 bits per heavy atom. The maximum Gasteiger partial charge on any atom is 0.409 e. The standard InChI is InChI=1S/C18H29N7O3S/c1-5-28-18(26)25-9-7-24(8-10-25)16(23-17(29)19-6-11-27-4)22-15-20-13(2)12-14(3)21-15/h12H,5-11H2,1-4H3,(H2,19,20,21,22,23,29). The van der Waals surface area contributed by atoms with Crippen LogP contribution in [0.2, 0.25) is 0 Å². The highest BCUT2D eigenvalue weighted by molar-refractivity contribution is 7.80. The molecule has 0 bridgehead atoms. The second-order valence-electron chi connectivity index (χ2n) is 6.43. The van der Waals surface area contributed by atoms with Crippen molar-refractivity contribution in [3.05, 3.63) is 17.5 Å². The van der Waals surface area contributed by atoms with E-state index < -0.39 is 0 Å². The summed E-state index contributed by atoms with van der Waals surface area (Å²) in [5, 5.41) is 6.55. The SMILES string of the molecule is CCOC(=O)N1CCN(/C(=N\C(=S)NCCOC)Nc2nc(C)cc(C)n2)CC1. The van der Waals surface area contributed by atoms with Gasteiger partial charge >= 0.3 is 6.09 Å². The first kappa shape index (κ1) is 22.8. The summed E-state index contributed by atoms with van der Waals surface area (Å²) in [4.78, 5) is 29.0. The molecule has 11 heteroatoms. The highest BCUT2D eigenvalue weighted by atomic mass is 32.1. The Morgan fingerprint density at radius 1 is 1.21 bits per heavy atom. The Morgan fingerprint density at radius 3 is 2.41 bits per heavy atom. The lowest BCUT2D eigenvalue weighted by Gasteiger charge is -2.35. The molecule has 29 heavy (non-hydrogen) atoms. The number of aromatic nitrogens is 2. The minimum absolute atomic E-state index is 0.298. The molecule has 1 aliphatic heterocycles. The zero-order valence-corrected chi connectivity index (χ0v) is 18.2. The Balaban J connectivity index is 2.12. The van der Waals surface area contributed by atoms with Crippen molar-refractivity contribution < 1.29 is 14.3 Å². The highest BCUT2D eigenvalue weighted by Crippen LogP contribution is 2.09. The topological polar surface area (TPSA) is 104 Å². The number of hydrogen-bond donors (Lipinski definition) is 2. The van der Waals surface area contributed by atoms with E-state index in [4.69, 9.17) is 21.7 Å². The molecule has 1 fully saturated rings. The van der Waals surface area contributed by atoms with Crippen molar-refractivity contribution in [2.24, 2.45) is 4.99 Å². The normalized spacial score (nSPS) is 14.6. The Bertz CT molecular complexity index is 716. The first-order valence-electron chi connectivity index (χ1n) is 9.54. The number of rotatable bonds is 5. The fraction of sp³-hybridized carbons (Fsp3) is 0.611. The molecule has 1 amide bonds. The minimum Gasteiger partial charge on any atom is -0.450 e. The molecule has 0 unspecified atom stereocenters. The number of nitrogens with one attached hydrogen (secondary N) is 2. The Hall–Kier alpha value is -2.53. The summed E-state index contributed by atoms with van der Waals surface area (Å²) in [5.74, 6) is 0.988. The fourth-order valence-corrected chi connectivity index (χ4v) is 2.96. The average Bonchev–Trinajstić information content (AvgIpc) is 2.67. The monoisotopic (exact) mass is 423 g/mol. The van der Waals surface area contributed by atoms with Gasteiger partial charge in [-0.1, -0.05) is 0 Å². The average molecular weight is 424 g/mol. The smallest absolute Gasteiger partial charge is 0.409 e. The molecule has 1 saturated heterocycles. The van der Waals surface area contributed by atoms with Crippen LogP contribution in [0, 0.1) is 13.8 Å². The number of thiocarbonyl (C=S) groups is 1. The van der Waals surface area contributed by atoms with Gasteiger partial charge in [-0.3, -0.25) is 5.32 Å². The summed E-state index contributed by atoms with van der Waals surface area (Å²) in [7, 11) is 1.63. The first-order chi connectivity index (χ1) is 13.9. The number of carbonyl (C=O) groups excluding carboxylic acids is 1. The Labute approximate surface area is 176 Å². The molecule has 2 rings (SSSR count). The van der Waals surface area contributed by atoms with Gasteiger partial charge in [-0.15, -0.1) is 0 Å². The molecule has 1 aromatic heterocycles. The molecule has 2 heterocycles. The third-order valence-electron chi connectivity index (χ3n) is 4.10. The quantitative estimate of drug-likeness (QED) is 0.312. The van der Waals surface area contributed by atoms with Crippen LogP contribution >= 0.6 is 12.2 Å². The van der Waals surface area contributed by atoms with Crippen LogP contribution in [0.1, 0.15) is 18.3 Å². The number of methoxy groups -OCH3 is 1. The van der Waals surface area contributed by atoms with E-state index in [0.717, 1.165) is 11.4 Å². The predicted octanol–water partition coefficient (Wildman–Crippen LogP) is 1.16. The van der Waals surface area contributed by atoms with Crippen LogP contribution in [0.4, 0.5) is 10.7 Å². The molecule has 10 nitrogen and oxygen atoms in total. The summed E-state index contributed by atoms with van der Waals surface area (Å²) >= 11 is 5.33. The second kappa shape index (κ2) is 11.5. The molecule has 1 aliphatic rings. The number of amides is 1. The lowest BCUT2D eigenvalue weighted by Crippen LogP contribution is -2.52. The van der Waals surface area contributed by atoms with Gasteiger partial charge in [0.1, 0.15) is 0 Å². The third kappa shape index (κ3) is 7.42. The second-order valence-corrected chi connectivity index (χ2v) is 6.82. The van der Waals surface area contributed by atoms with Crippen molar-refractivity contribution in [3.63, 3.8) is 0 Å². The number of anilines is 1. The first-order valence-corrected chi connectivity index (χ1v) is 9.95. The predicted molar refractivity (Wildman–Crippen MR) is 115 cm³/mol. The van der Waals surface area contributed by atoms with E-state index in [2.05, 4.69) is 25.6 Å². The van der Waals surface area contributed by atoms with Gasteiger partial charge in [-0.05, 0) is 39.1 Å². The van der Waals surface area contributed by atoms with Crippen LogP contribution < -0.4 is 10.6 Å². The van der Waals surface area contributed by atoms with Crippen LogP contribution in [0.25, 0.3) is 0 Å². The van der Waals surface area contributed by atoms with Crippen molar-refractivity contribution in [2.75, 3.05) is 58.4 Å². The molecular formula is C18H29N7O3S.